The van der Waals surface area contributed by atoms with E-state index in [0.717, 1.165) is 12.1 Å². The molecule has 1 aromatic carbocycles. The van der Waals surface area contributed by atoms with Crippen LogP contribution in [-0.4, -0.2) is 44.5 Å². The Hall–Kier alpha value is -1.77. The summed E-state index contributed by atoms with van der Waals surface area (Å²) in [6, 6.07) is 3.43. The van der Waals surface area contributed by atoms with Gasteiger partial charge in [0.15, 0.2) is 9.84 Å². The fourth-order valence-corrected chi connectivity index (χ4v) is 4.84. The predicted molar refractivity (Wildman–Crippen MR) is 73.2 cm³/mol. The Morgan fingerprint density at radius 2 is 1.77 bits per heavy atom. The first-order valence-corrected chi connectivity index (χ1v) is 8.41. The van der Waals surface area contributed by atoms with Gasteiger partial charge in [0.2, 0.25) is 5.91 Å². The number of hydrogen-bond donors (Lipinski definition) is 1. The average molecular weight is 334 g/mol. The molecule has 0 bridgehead atoms. The first-order valence-electron chi connectivity index (χ1n) is 6.59. The van der Waals surface area contributed by atoms with Crippen LogP contribution < -0.4 is 10.2 Å². The normalized spacial score (nSPS) is 27.4. The Kier molecular flexibility index (Phi) is 3.35. The molecule has 0 aromatic heterocycles. The van der Waals surface area contributed by atoms with Crippen LogP contribution in [0.3, 0.4) is 0 Å². The quantitative estimate of drug-likeness (QED) is 0.825. The molecule has 1 amide bonds. The van der Waals surface area contributed by atoms with E-state index in [1.165, 1.54) is 12.1 Å². The Balaban J connectivity index is 1.91. The molecule has 22 heavy (non-hydrogen) atoms. The number of carbonyl (C=O) groups is 1. The van der Waals surface area contributed by atoms with Gasteiger partial charge in [-0.1, -0.05) is 0 Å². The highest BCUT2D eigenvalue weighted by Crippen LogP contribution is 2.32. The SMILES string of the molecule is O=C1CN(c2ccc(C(F)(F)F)cc2)[C@H]2CS(=O)(=O)C[C@H]2N1. The molecule has 9 heteroatoms. The molecule has 2 saturated heterocycles. The zero-order valence-corrected chi connectivity index (χ0v) is 12.1. The van der Waals surface area contributed by atoms with Crippen LogP contribution in [0, 0.1) is 0 Å². The van der Waals surface area contributed by atoms with E-state index in [0.29, 0.717) is 5.69 Å². The van der Waals surface area contributed by atoms with Crippen LogP contribution in [-0.2, 0) is 20.8 Å². The summed E-state index contributed by atoms with van der Waals surface area (Å²) in [7, 11) is -3.26. The van der Waals surface area contributed by atoms with E-state index in [4.69, 9.17) is 0 Å². The number of benzene rings is 1. The van der Waals surface area contributed by atoms with E-state index in [1.54, 1.807) is 4.90 Å². The summed E-state index contributed by atoms with van der Waals surface area (Å²) in [6.45, 7) is -0.0674. The number of carbonyl (C=O) groups excluding carboxylic acids is 1. The van der Waals surface area contributed by atoms with E-state index < -0.39 is 33.7 Å². The minimum Gasteiger partial charge on any atom is -0.356 e. The van der Waals surface area contributed by atoms with E-state index in [9.17, 15) is 26.4 Å². The lowest BCUT2D eigenvalue weighted by Gasteiger charge is -2.38. The van der Waals surface area contributed by atoms with Gasteiger partial charge >= 0.3 is 6.18 Å². The zero-order chi connectivity index (χ0) is 16.1. The van der Waals surface area contributed by atoms with Crippen LogP contribution in [0.1, 0.15) is 5.56 Å². The molecule has 2 atom stereocenters. The maximum atomic E-state index is 12.6. The maximum Gasteiger partial charge on any atom is 0.416 e. The number of piperazine rings is 1. The summed E-state index contributed by atoms with van der Waals surface area (Å²) < 4.78 is 61.2. The highest BCUT2D eigenvalue weighted by Gasteiger charge is 2.45. The molecule has 3 rings (SSSR count). The Labute approximate surface area is 125 Å². The van der Waals surface area contributed by atoms with Crippen molar-refractivity contribution < 1.29 is 26.4 Å². The van der Waals surface area contributed by atoms with Crippen LogP contribution in [0.2, 0.25) is 0 Å². The first kappa shape index (κ1) is 15.1. The molecule has 1 N–H and O–H groups in total. The molecule has 120 valence electrons. The lowest BCUT2D eigenvalue weighted by atomic mass is 10.1. The first-order chi connectivity index (χ1) is 10.2. The summed E-state index contributed by atoms with van der Waals surface area (Å²) in [4.78, 5) is 13.3. The van der Waals surface area contributed by atoms with Gasteiger partial charge in [0.25, 0.3) is 0 Å². The van der Waals surface area contributed by atoms with Gasteiger partial charge in [0.1, 0.15) is 0 Å². The van der Waals surface area contributed by atoms with Gasteiger partial charge in [-0.05, 0) is 24.3 Å². The lowest BCUT2D eigenvalue weighted by Crippen LogP contribution is -2.60. The van der Waals surface area contributed by atoms with Gasteiger partial charge in [0, 0.05) is 5.69 Å². The molecule has 0 unspecified atom stereocenters. The molecule has 0 radical (unpaired) electrons. The van der Waals surface area contributed by atoms with E-state index >= 15 is 0 Å². The van der Waals surface area contributed by atoms with Crippen LogP contribution >= 0.6 is 0 Å². The van der Waals surface area contributed by atoms with Crippen molar-refractivity contribution in [3.63, 3.8) is 0 Å². The molecule has 0 saturated carbocycles. The van der Waals surface area contributed by atoms with Crippen LogP contribution in [0.25, 0.3) is 0 Å². The third-order valence-electron chi connectivity index (χ3n) is 3.91. The van der Waals surface area contributed by atoms with Crippen molar-refractivity contribution in [3.05, 3.63) is 29.8 Å². The molecule has 2 aliphatic heterocycles. The molecular weight excluding hydrogens is 321 g/mol. The number of fused-ring (bicyclic) bond motifs is 1. The number of amides is 1. The predicted octanol–water partition coefficient (Wildman–Crippen LogP) is 0.807. The van der Waals surface area contributed by atoms with Crippen molar-refractivity contribution in [2.45, 2.75) is 18.3 Å². The second-order valence-electron chi connectivity index (χ2n) is 5.49. The number of rotatable bonds is 1. The van der Waals surface area contributed by atoms with Gasteiger partial charge in [-0.25, -0.2) is 8.42 Å². The van der Waals surface area contributed by atoms with Crippen molar-refractivity contribution >= 4 is 21.4 Å². The standard InChI is InChI=1S/C13H13F3N2O3S/c14-13(15,16)8-1-3-9(4-2-8)18-5-12(19)17-10-6-22(20,21)7-11(10)18/h1-4,10-11H,5-7H2,(H,17,19)/t10-,11+/m1/s1. The summed E-state index contributed by atoms with van der Waals surface area (Å²) in [5, 5.41) is 2.63. The summed E-state index contributed by atoms with van der Waals surface area (Å²) in [5.74, 6) is -0.585. The number of nitrogens with one attached hydrogen (secondary N) is 1. The Bertz CT molecular complexity index is 700. The van der Waals surface area contributed by atoms with Crippen LogP contribution in [0.4, 0.5) is 18.9 Å². The minimum atomic E-state index is -4.43. The minimum absolute atomic E-state index is 0.0674. The van der Waals surface area contributed by atoms with E-state index in [1.807, 2.05) is 0 Å². The maximum absolute atomic E-state index is 12.6. The second kappa shape index (κ2) is 4.87. The number of alkyl halides is 3. The van der Waals surface area contributed by atoms with Gasteiger partial charge in [0.05, 0.1) is 35.7 Å². The molecule has 2 heterocycles. The van der Waals surface area contributed by atoms with Crippen LogP contribution in [0.15, 0.2) is 24.3 Å². The third kappa shape index (κ3) is 2.77. The van der Waals surface area contributed by atoms with E-state index in [2.05, 4.69) is 5.32 Å². The number of sulfone groups is 1. The van der Waals surface area contributed by atoms with Crippen molar-refractivity contribution in [1.82, 2.24) is 5.32 Å². The summed E-state index contributed by atoms with van der Waals surface area (Å²) in [6.07, 6.45) is -4.43. The van der Waals surface area contributed by atoms with Gasteiger partial charge in [-0.3, -0.25) is 4.79 Å². The molecule has 5 nitrogen and oxygen atoms in total. The number of anilines is 1. The molecule has 0 aliphatic carbocycles. The summed E-state index contributed by atoms with van der Waals surface area (Å²) >= 11 is 0. The van der Waals surface area contributed by atoms with Crippen molar-refractivity contribution in [3.8, 4) is 0 Å². The number of halogens is 3. The Morgan fingerprint density at radius 1 is 1.14 bits per heavy atom. The molecule has 2 fully saturated rings. The molecule has 0 spiro atoms. The van der Waals surface area contributed by atoms with Crippen molar-refractivity contribution in [2.24, 2.45) is 0 Å². The molecular formula is C13H13F3N2O3S. The summed E-state index contributed by atoms with van der Waals surface area (Å²) in [5.41, 5.74) is -0.372. The smallest absolute Gasteiger partial charge is 0.356 e. The highest BCUT2D eigenvalue weighted by atomic mass is 32.2. The van der Waals surface area contributed by atoms with Gasteiger partial charge in [-0.15, -0.1) is 0 Å². The van der Waals surface area contributed by atoms with Crippen LogP contribution in [0.5, 0.6) is 0 Å². The average Bonchev–Trinajstić information content (AvgIpc) is 2.71. The third-order valence-corrected chi connectivity index (χ3v) is 5.63. The fraction of sp³-hybridized carbons (Fsp3) is 0.462. The highest BCUT2D eigenvalue weighted by molar-refractivity contribution is 7.91. The zero-order valence-electron chi connectivity index (χ0n) is 11.3. The van der Waals surface area contributed by atoms with Crippen molar-refractivity contribution in [1.29, 1.82) is 0 Å². The largest absolute Gasteiger partial charge is 0.416 e. The Morgan fingerprint density at radius 3 is 2.36 bits per heavy atom. The second-order valence-corrected chi connectivity index (χ2v) is 7.64. The van der Waals surface area contributed by atoms with Crippen molar-refractivity contribution in [2.75, 3.05) is 23.0 Å². The lowest BCUT2D eigenvalue weighted by molar-refractivity contribution is -0.137. The fourth-order valence-electron chi connectivity index (χ4n) is 2.92. The molecule has 2 aliphatic rings. The number of nitrogens with zero attached hydrogens (tertiary/aromatic N) is 1. The van der Waals surface area contributed by atoms with E-state index in [-0.39, 0.29) is 24.0 Å². The van der Waals surface area contributed by atoms with Gasteiger partial charge < -0.3 is 10.2 Å². The monoisotopic (exact) mass is 334 g/mol. The molecule has 1 aromatic rings. The van der Waals surface area contributed by atoms with Gasteiger partial charge in [-0.2, -0.15) is 13.2 Å². The topological polar surface area (TPSA) is 66.5 Å². The number of hydrogen-bond acceptors (Lipinski definition) is 4.